The molecule has 33 heteroatoms. The summed E-state index contributed by atoms with van der Waals surface area (Å²) in [4.78, 5) is 80.8. The van der Waals surface area contributed by atoms with E-state index in [0.717, 1.165) is 20.0 Å². The molecule has 6 aromatic rings. The number of hydrogen-bond acceptors (Lipinski definition) is 13. The molecule has 6 rings (SSSR count). The summed E-state index contributed by atoms with van der Waals surface area (Å²) in [5.41, 5.74) is 7.22. The Hall–Kier alpha value is -1.46. The van der Waals surface area contributed by atoms with Gasteiger partial charge in [0.2, 0.25) is 0 Å². The van der Waals surface area contributed by atoms with E-state index in [0.29, 0.717) is 60.6 Å². The average Bonchev–Trinajstić information content (AvgIpc) is 3.93. The summed E-state index contributed by atoms with van der Waals surface area (Å²) >= 11 is 39.3. The molecule has 0 atom stereocenters. The molecule has 2 aromatic carbocycles. The molecule has 0 unspecified atom stereocenters. The molecular formula is C42H42Br6Cl2I4N12O8V-. The summed E-state index contributed by atoms with van der Waals surface area (Å²) in [7, 11) is 8.09. The number of nitrogens with two attached hydrogens (primary N) is 1. The minimum absolute atomic E-state index is 0. The number of halogens is 12. The Bertz CT molecular complexity index is 2970. The van der Waals surface area contributed by atoms with Crippen LogP contribution in [0.1, 0.15) is 56.5 Å². The van der Waals surface area contributed by atoms with Gasteiger partial charge in [0.05, 0.1) is 46.8 Å². The zero-order valence-electron chi connectivity index (χ0n) is 37.8. The topological polar surface area (TPSA) is 233 Å². The van der Waals surface area contributed by atoms with E-state index in [1.165, 1.54) is 70.1 Å². The van der Waals surface area contributed by atoms with Crippen LogP contribution in [0.15, 0.2) is 100 Å². The van der Waals surface area contributed by atoms with Gasteiger partial charge in [-0.3, -0.25) is 19.2 Å². The van der Waals surface area contributed by atoms with Crippen LogP contribution in [-0.4, -0.2) is 128 Å². The zero-order valence-corrected chi connectivity index (χ0v) is 58.9. The van der Waals surface area contributed by atoms with Crippen LogP contribution in [-0.2, 0) is 14.4 Å². The molecule has 75 heavy (non-hydrogen) atoms. The fraction of sp³-hybridized carbons (Fsp3) is 0.190. The first-order valence-corrected chi connectivity index (χ1v) is 38.0. The molecule has 20 nitrogen and oxygen atoms in total. The van der Waals surface area contributed by atoms with Crippen LogP contribution in [0.5, 0.6) is 0 Å². The van der Waals surface area contributed by atoms with Crippen LogP contribution in [0.4, 0.5) is 21.0 Å². The molecule has 0 fully saturated rings. The summed E-state index contributed by atoms with van der Waals surface area (Å²) in [6, 6.07) is 16.3. The molecular weight excluding hydrogens is 1910 g/mol. The van der Waals surface area contributed by atoms with Crippen molar-refractivity contribution in [1.82, 2.24) is 49.6 Å². The third kappa shape index (κ3) is 21.2. The second-order valence-electron chi connectivity index (χ2n) is 13.3. The summed E-state index contributed by atoms with van der Waals surface area (Å²) < 4.78 is 15.1. The number of carbonyl (C=O) groups excluding carboxylic acids is 6. The first-order valence-electron chi connectivity index (χ1n) is 19.0. The minimum atomic E-state index is -0.739. The SMILES string of the molecule is C.C.COC(=O)N(C)N(C)C(=O)c1cc(Br)cc(Br)c1N.COC(=O)N(C)N(C)C(=O)c1cc(Br)cc(Br)c1NC(=O)c1cc(Br)nn1-c1ncccc1Cl.O=Cc1cc(Br)nn1-c1ncccc1Cl.[I-].[I][V]([I])[I]. The number of aldehydes is 1. The number of rotatable bonds is 7. The van der Waals surface area contributed by atoms with Crippen LogP contribution in [0.2, 0.25) is 10.0 Å². The number of aromatic nitrogens is 6. The Morgan fingerprint density at radius 1 is 0.680 bits per heavy atom. The zero-order chi connectivity index (χ0) is 54.3. The van der Waals surface area contributed by atoms with E-state index in [1.807, 2.05) is 0 Å². The molecule has 0 aliphatic heterocycles. The van der Waals surface area contributed by atoms with Gasteiger partial charge in [-0.1, -0.05) is 69.9 Å². The summed E-state index contributed by atoms with van der Waals surface area (Å²) in [5.74, 6) is -0.890. The first kappa shape index (κ1) is 73.5. The third-order valence-electron chi connectivity index (χ3n) is 8.83. The number of hydrogen-bond donors (Lipinski definition) is 2. The second-order valence-corrected chi connectivity index (χ2v) is 54.6. The Kier molecular flexibility index (Phi) is 34.6. The normalized spacial score (nSPS) is 9.84. The average molecular weight is 1950 g/mol. The van der Waals surface area contributed by atoms with Crippen molar-refractivity contribution in [3.8, 4) is 11.6 Å². The fourth-order valence-electron chi connectivity index (χ4n) is 5.30. The van der Waals surface area contributed by atoms with Gasteiger partial charge >= 0.3 is 77.0 Å². The van der Waals surface area contributed by atoms with Gasteiger partial charge < -0.3 is 44.5 Å². The molecule has 3 N–H and O–H groups in total. The number of nitrogens with one attached hydrogen (secondary N) is 1. The van der Waals surface area contributed by atoms with Crippen molar-refractivity contribution in [2.75, 3.05) is 53.5 Å². The number of hydrazine groups is 2. The standard InChI is InChI=1S/C20H16Br3ClN6O4.C11H13Br2N3O3.C9H5BrClN3O.2CH4.4HI.V/c1-28(29(2)20(33)34-3)19(32)11-7-10(21)8-12(22)16(11)26-18(31)14-9-15(23)27-30(14)17-13(24)5-4-6-25-17;1-15(16(2)11(18)19-3)10(17)7-4-6(12)5-8(13)9(7)14;10-8-4-6(5-15)14(13-8)9-7(11)2-1-3-12-9;;;;;;;/h4-9H,1-3H3,(H,26,31);4-5H,14H2,1-3H3;1-5H;2*1H4;4*1H;/q;;;;;;;;;+3/p-4. The Morgan fingerprint density at radius 2 is 1.09 bits per heavy atom. The van der Waals surface area contributed by atoms with E-state index in [9.17, 15) is 28.8 Å². The maximum atomic E-state index is 13.3. The van der Waals surface area contributed by atoms with E-state index in [-0.39, 0.29) is 72.1 Å². The van der Waals surface area contributed by atoms with Crippen molar-refractivity contribution in [1.29, 1.82) is 0 Å². The third-order valence-corrected chi connectivity index (χ3v) is 12.4. The molecule has 5 amide bonds. The van der Waals surface area contributed by atoms with Gasteiger partial charge in [-0.05, 0) is 112 Å². The monoisotopic (exact) mass is 1940 g/mol. The maximum absolute atomic E-state index is 13.3. The number of nitrogens with zero attached hydrogens (tertiary/aromatic N) is 10. The van der Waals surface area contributed by atoms with Crippen LogP contribution < -0.4 is 35.0 Å². The number of ether oxygens (including phenoxy) is 2. The van der Waals surface area contributed by atoms with Crippen molar-refractivity contribution in [2.45, 2.75) is 14.9 Å². The van der Waals surface area contributed by atoms with Crippen molar-refractivity contribution < 1.29 is 67.1 Å². The summed E-state index contributed by atoms with van der Waals surface area (Å²) in [6.07, 6.45) is 2.42. The Morgan fingerprint density at radius 3 is 1.55 bits per heavy atom. The quantitative estimate of drug-likeness (QED) is 0.0656. The van der Waals surface area contributed by atoms with E-state index in [4.69, 9.17) is 28.9 Å². The van der Waals surface area contributed by atoms with Crippen LogP contribution in [0, 0.1) is 0 Å². The number of methoxy groups -OCH3 is 2. The predicted octanol–water partition coefficient (Wildman–Crippen LogP) is 11.1. The van der Waals surface area contributed by atoms with Crippen molar-refractivity contribution in [2.24, 2.45) is 0 Å². The number of benzene rings is 2. The number of amides is 5. The van der Waals surface area contributed by atoms with Crippen molar-refractivity contribution in [3.63, 3.8) is 0 Å². The van der Waals surface area contributed by atoms with Gasteiger partial charge in [0, 0.05) is 70.6 Å². The number of pyridine rings is 2. The Balaban J connectivity index is 0.00000113. The van der Waals surface area contributed by atoms with Gasteiger partial charge in [-0.2, -0.15) is 10.2 Å². The van der Waals surface area contributed by atoms with E-state index in [1.54, 1.807) is 54.7 Å². The molecule has 0 saturated heterocycles. The molecule has 0 spiro atoms. The van der Waals surface area contributed by atoms with Crippen molar-refractivity contribution >= 4 is 226 Å². The molecule has 0 aliphatic carbocycles. The molecule has 0 bridgehead atoms. The molecule has 0 aliphatic rings. The predicted molar refractivity (Wildman–Crippen MR) is 330 cm³/mol. The van der Waals surface area contributed by atoms with Gasteiger partial charge in [-0.25, -0.2) is 49.0 Å². The van der Waals surface area contributed by atoms with Gasteiger partial charge in [0.1, 0.15) is 20.6 Å². The Labute approximate surface area is 547 Å². The van der Waals surface area contributed by atoms with Gasteiger partial charge in [0.15, 0.2) is 17.9 Å². The molecule has 4 aromatic heterocycles. The second kappa shape index (κ2) is 35.3. The number of anilines is 2. The van der Waals surface area contributed by atoms with Crippen LogP contribution >= 0.6 is 179 Å². The van der Waals surface area contributed by atoms with Crippen LogP contribution in [0.25, 0.3) is 11.6 Å². The summed E-state index contributed by atoms with van der Waals surface area (Å²) in [6.45, 7) is 0. The molecule has 0 radical (unpaired) electrons. The van der Waals surface area contributed by atoms with Gasteiger partial charge in [-0.15, -0.1) is 0 Å². The number of carbonyl (C=O) groups is 6. The molecule has 408 valence electrons. The van der Waals surface area contributed by atoms with E-state index < -0.39 is 29.9 Å². The number of nitrogen functional groups attached to an aromatic ring is 1. The first-order chi connectivity index (χ1) is 33.8. The van der Waals surface area contributed by atoms with Gasteiger partial charge in [0.25, 0.3) is 17.7 Å². The summed E-state index contributed by atoms with van der Waals surface area (Å²) in [5, 5.41) is 16.0. The van der Waals surface area contributed by atoms with E-state index >= 15 is 0 Å². The molecule has 0 saturated carbocycles. The van der Waals surface area contributed by atoms with Crippen LogP contribution in [0.3, 0.4) is 0 Å². The van der Waals surface area contributed by atoms with Crippen molar-refractivity contribution in [3.05, 3.63) is 133 Å². The van der Waals surface area contributed by atoms with E-state index in [2.05, 4.69) is 190 Å². The fourth-order valence-corrected chi connectivity index (χ4v) is 9.02. The molecule has 4 heterocycles.